The lowest BCUT2D eigenvalue weighted by Crippen LogP contribution is -2.44. The third kappa shape index (κ3) is 3.41. The molecule has 1 atom stereocenters. The Bertz CT molecular complexity index is 893. The molecule has 2 aromatic carbocycles. The molecule has 1 heterocycles. The average Bonchev–Trinajstić information content (AvgIpc) is 2.61. The normalized spacial score (nSPS) is 16.8. The molecule has 0 spiro atoms. The van der Waals surface area contributed by atoms with Gasteiger partial charge < -0.3 is 10.6 Å². The first-order valence-corrected chi connectivity index (χ1v) is 8.00. The maximum atomic E-state index is 13.0. The number of allylic oxidation sites excluding steroid dienone is 1. The Morgan fingerprint density at radius 2 is 1.88 bits per heavy atom. The van der Waals surface area contributed by atoms with Crippen molar-refractivity contribution in [3.05, 3.63) is 87.1 Å². The molecule has 0 fully saturated rings. The Morgan fingerprint density at radius 3 is 2.56 bits per heavy atom. The van der Waals surface area contributed by atoms with E-state index in [0.717, 1.165) is 0 Å². The van der Waals surface area contributed by atoms with E-state index in [2.05, 4.69) is 10.6 Å². The van der Waals surface area contributed by atoms with Crippen LogP contribution >= 0.6 is 12.2 Å². The van der Waals surface area contributed by atoms with E-state index in [4.69, 9.17) is 12.2 Å². The van der Waals surface area contributed by atoms with Gasteiger partial charge in [-0.1, -0.05) is 42.5 Å². The van der Waals surface area contributed by atoms with Gasteiger partial charge in [0.15, 0.2) is 10.9 Å². The van der Waals surface area contributed by atoms with Crippen molar-refractivity contribution in [3.63, 3.8) is 0 Å². The average molecular weight is 353 g/mol. The molecule has 126 valence electrons. The van der Waals surface area contributed by atoms with E-state index in [-0.39, 0.29) is 11.5 Å². The van der Waals surface area contributed by atoms with Crippen LogP contribution in [0.5, 0.6) is 0 Å². The molecule has 1 aliphatic heterocycles. The summed E-state index contributed by atoms with van der Waals surface area (Å²) in [5.41, 5.74) is 2.24. The molecule has 0 aliphatic carbocycles. The monoisotopic (exact) mass is 353 g/mol. The van der Waals surface area contributed by atoms with Gasteiger partial charge in [0.05, 0.1) is 11.0 Å². The summed E-state index contributed by atoms with van der Waals surface area (Å²) in [5, 5.41) is 17.5. The molecular weight excluding hydrogens is 338 g/mol. The summed E-state index contributed by atoms with van der Waals surface area (Å²) in [6.45, 7) is 1.77. The summed E-state index contributed by atoms with van der Waals surface area (Å²) in [7, 11) is 0. The second-order valence-electron chi connectivity index (χ2n) is 5.62. The van der Waals surface area contributed by atoms with Crippen molar-refractivity contribution in [1.29, 1.82) is 0 Å². The van der Waals surface area contributed by atoms with Crippen molar-refractivity contribution < 1.29 is 9.72 Å². The van der Waals surface area contributed by atoms with Crippen LogP contribution in [0.1, 0.15) is 28.9 Å². The first-order chi connectivity index (χ1) is 12.0. The standard InChI is InChI=1S/C18H15N3O3S/c1-11-15(17(22)12-6-3-2-4-7-12)16(20-18(25)19-11)13-8-5-9-14(10-13)21(23)24/h2-10,16H,1H3,(H2,19,20,25)/t16-/m0/s1. The summed E-state index contributed by atoms with van der Waals surface area (Å²) in [6, 6.07) is 14.5. The predicted molar refractivity (Wildman–Crippen MR) is 98.2 cm³/mol. The molecule has 2 N–H and O–H groups in total. The minimum Gasteiger partial charge on any atom is -0.351 e. The highest BCUT2D eigenvalue weighted by Crippen LogP contribution is 2.31. The number of thiocarbonyl (C=S) groups is 1. The predicted octanol–water partition coefficient (Wildman–Crippen LogP) is 3.27. The van der Waals surface area contributed by atoms with Crippen LogP contribution in [-0.4, -0.2) is 15.8 Å². The maximum absolute atomic E-state index is 13.0. The summed E-state index contributed by atoms with van der Waals surface area (Å²) >= 11 is 5.20. The zero-order valence-electron chi connectivity index (χ0n) is 13.4. The Kier molecular flexibility index (Phi) is 4.58. The van der Waals surface area contributed by atoms with E-state index in [1.165, 1.54) is 12.1 Å². The van der Waals surface area contributed by atoms with E-state index in [1.54, 1.807) is 43.3 Å². The smallest absolute Gasteiger partial charge is 0.269 e. The quantitative estimate of drug-likeness (QED) is 0.380. The molecule has 0 saturated heterocycles. The van der Waals surface area contributed by atoms with Gasteiger partial charge in [0.2, 0.25) is 0 Å². The topological polar surface area (TPSA) is 84.3 Å². The number of non-ortho nitro benzene ring substituents is 1. The van der Waals surface area contributed by atoms with Crippen molar-refractivity contribution in [2.45, 2.75) is 13.0 Å². The molecular formula is C18H15N3O3S. The lowest BCUT2D eigenvalue weighted by Gasteiger charge is -2.30. The fourth-order valence-electron chi connectivity index (χ4n) is 2.81. The van der Waals surface area contributed by atoms with Crippen LogP contribution in [0, 0.1) is 10.1 Å². The Labute approximate surface area is 149 Å². The third-order valence-corrected chi connectivity index (χ3v) is 4.18. The first-order valence-electron chi connectivity index (χ1n) is 7.60. The largest absolute Gasteiger partial charge is 0.351 e. The van der Waals surface area contributed by atoms with Crippen LogP contribution in [0.2, 0.25) is 0 Å². The second-order valence-corrected chi connectivity index (χ2v) is 6.03. The van der Waals surface area contributed by atoms with Crippen LogP contribution < -0.4 is 10.6 Å². The third-order valence-electron chi connectivity index (χ3n) is 3.96. The van der Waals surface area contributed by atoms with Crippen molar-refractivity contribution >= 4 is 28.8 Å². The van der Waals surface area contributed by atoms with Crippen molar-refractivity contribution in [2.75, 3.05) is 0 Å². The summed E-state index contributed by atoms with van der Waals surface area (Å²) in [5.74, 6) is -0.155. The van der Waals surface area contributed by atoms with Gasteiger partial charge in [0.25, 0.3) is 5.69 Å². The number of Topliss-reactive ketones (excluding diaryl/α,β-unsaturated/α-hetero) is 1. The number of hydrogen-bond acceptors (Lipinski definition) is 4. The highest BCUT2D eigenvalue weighted by Gasteiger charge is 2.31. The number of carbonyl (C=O) groups excluding carboxylic acids is 1. The molecule has 0 bridgehead atoms. The zero-order chi connectivity index (χ0) is 18.0. The number of ketones is 1. The van der Waals surface area contributed by atoms with E-state index in [0.29, 0.717) is 27.5 Å². The Hall–Kier alpha value is -3.06. The van der Waals surface area contributed by atoms with Crippen molar-refractivity contribution in [1.82, 2.24) is 10.6 Å². The number of hydrogen-bond donors (Lipinski definition) is 2. The van der Waals surface area contributed by atoms with Gasteiger partial charge in [-0.3, -0.25) is 14.9 Å². The summed E-state index contributed by atoms with van der Waals surface area (Å²) in [6.07, 6.45) is 0. The van der Waals surface area contributed by atoms with Gasteiger partial charge >= 0.3 is 0 Å². The number of nitrogens with one attached hydrogen (secondary N) is 2. The number of rotatable bonds is 4. The van der Waals surface area contributed by atoms with E-state index < -0.39 is 11.0 Å². The molecule has 0 amide bonds. The van der Waals surface area contributed by atoms with E-state index in [9.17, 15) is 14.9 Å². The van der Waals surface area contributed by atoms with Crippen LogP contribution in [0.3, 0.4) is 0 Å². The van der Waals surface area contributed by atoms with Crippen LogP contribution in [-0.2, 0) is 0 Å². The number of nitro benzene ring substituents is 1. The number of benzene rings is 2. The molecule has 0 saturated carbocycles. The minimum absolute atomic E-state index is 0.0343. The molecule has 0 aromatic heterocycles. The van der Waals surface area contributed by atoms with Crippen LogP contribution in [0.15, 0.2) is 65.9 Å². The number of nitro groups is 1. The fourth-order valence-corrected chi connectivity index (χ4v) is 3.08. The van der Waals surface area contributed by atoms with Gasteiger partial charge in [-0.15, -0.1) is 0 Å². The lowest BCUT2D eigenvalue weighted by molar-refractivity contribution is -0.384. The van der Waals surface area contributed by atoms with Gasteiger partial charge in [0, 0.05) is 29.0 Å². The van der Waals surface area contributed by atoms with Gasteiger partial charge in [-0.05, 0) is 24.7 Å². The zero-order valence-corrected chi connectivity index (χ0v) is 14.2. The van der Waals surface area contributed by atoms with Crippen LogP contribution in [0.25, 0.3) is 0 Å². The lowest BCUT2D eigenvalue weighted by atomic mass is 9.89. The molecule has 1 aliphatic rings. The Morgan fingerprint density at radius 1 is 1.16 bits per heavy atom. The van der Waals surface area contributed by atoms with Crippen molar-refractivity contribution in [3.8, 4) is 0 Å². The number of carbonyl (C=O) groups is 1. The second kappa shape index (κ2) is 6.82. The Balaban J connectivity index is 2.08. The molecule has 25 heavy (non-hydrogen) atoms. The number of nitrogens with zero attached hydrogens (tertiary/aromatic N) is 1. The molecule has 2 aromatic rings. The highest BCUT2D eigenvalue weighted by atomic mass is 32.1. The summed E-state index contributed by atoms with van der Waals surface area (Å²) < 4.78 is 0. The maximum Gasteiger partial charge on any atom is 0.269 e. The minimum atomic E-state index is -0.554. The molecule has 6 nitrogen and oxygen atoms in total. The molecule has 3 rings (SSSR count). The van der Waals surface area contributed by atoms with Gasteiger partial charge in [-0.25, -0.2) is 0 Å². The molecule has 7 heteroatoms. The summed E-state index contributed by atoms with van der Waals surface area (Å²) in [4.78, 5) is 23.6. The first kappa shape index (κ1) is 16.8. The molecule has 0 unspecified atom stereocenters. The SMILES string of the molecule is CC1=C(C(=O)c2ccccc2)[C@H](c2cccc([N+](=O)[O-])c2)NC(=S)N1. The van der Waals surface area contributed by atoms with Gasteiger partial charge in [0.1, 0.15) is 0 Å². The highest BCUT2D eigenvalue weighted by molar-refractivity contribution is 7.80. The van der Waals surface area contributed by atoms with Gasteiger partial charge in [-0.2, -0.15) is 0 Å². The van der Waals surface area contributed by atoms with Crippen molar-refractivity contribution in [2.24, 2.45) is 0 Å². The van der Waals surface area contributed by atoms with Crippen LogP contribution in [0.4, 0.5) is 5.69 Å². The fraction of sp³-hybridized carbons (Fsp3) is 0.111. The molecule has 0 radical (unpaired) electrons. The van der Waals surface area contributed by atoms with E-state index in [1.807, 2.05) is 6.07 Å². The van der Waals surface area contributed by atoms with E-state index >= 15 is 0 Å².